The second kappa shape index (κ2) is 14.1. The molecule has 3 amide bonds. The van der Waals surface area contributed by atoms with Crippen molar-refractivity contribution in [2.24, 2.45) is 5.92 Å². The summed E-state index contributed by atoms with van der Waals surface area (Å²) in [5.74, 6) is 1.96. The molecule has 0 radical (unpaired) electrons. The van der Waals surface area contributed by atoms with Crippen molar-refractivity contribution in [3.8, 4) is 11.4 Å². The maximum absolute atomic E-state index is 14.0. The van der Waals surface area contributed by atoms with Crippen LogP contribution in [0.2, 0.25) is 0 Å². The van der Waals surface area contributed by atoms with Crippen LogP contribution in [0.5, 0.6) is 0 Å². The fourth-order valence-electron chi connectivity index (χ4n) is 5.50. The average molecular weight is 617 g/mol. The zero-order valence-corrected chi connectivity index (χ0v) is 26.5. The number of aromatic nitrogens is 3. The standard InChI is InChI=1S/C33H40N6O4S/c1-21(2)28-31-36-30(23-10-6-5-7-11-23)37-39(31)18-17-38(33(42)25-13-8-12-24-20-22(3)43-29(24)25)16-9-14-27(40)34-26(15-19-44-4)32(41)35-28/h5-8,10-13,20-21,26,28H,9,14-19H2,1-4H3,(H,34,40)(H,35,41)/t26-,28+/m0/s1. The predicted molar refractivity (Wildman–Crippen MR) is 172 cm³/mol. The quantitative estimate of drug-likeness (QED) is 0.313. The lowest BCUT2D eigenvalue weighted by atomic mass is 10.0. The van der Waals surface area contributed by atoms with Crippen LogP contribution in [0.4, 0.5) is 0 Å². The molecule has 0 unspecified atom stereocenters. The molecule has 4 aromatic rings. The van der Waals surface area contributed by atoms with E-state index in [-0.39, 0.29) is 30.1 Å². The van der Waals surface area contributed by atoms with Gasteiger partial charge in [0.2, 0.25) is 11.8 Å². The Morgan fingerprint density at radius 1 is 1.07 bits per heavy atom. The Morgan fingerprint density at radius 2 is 1.86 bits per heavy atom. The number of amides is 3. The van der Waals surface area contributed by atoms with Crippen LogP contribution in [0.1, 0.15) is 61.1 Å². The molecule has 0 bridgehead atoms. The first-order valence-corrected chi connectivity index (χ1v) is 16.5. The van der Waals surface area contributed by atoms with Gasteiger partial charge in [-0.2, -0.15) is 16.9 Å². The second-order valence-electron chi connectivity index (χ2n) is 11.5. The molecule has 11 heteroatoms. The van der Waals surface area contributed by atoms with Crippen LogP contribution in [0.3, 0.4) is 0 Å². The zero-order valence-electron chi connectivity index (χ0n) is 25.7. The van der Waals surface area contributed by atoms with Gasteiger partial charge in [-0.15, -0.1) is 0 Å². The van der Waals surface area contributed by atoms with Crippen LogP contribution < -0.4 is 10.6 Å². The summed E-state index contributed by atoms with van der Waals surface area (Å²) in [5.41, 5.74) is 1.89. The molecule has 0 spiro atoms. The van der Waals surface area contributed by atoms with Crippen LogP contribution in [0, 0.1) is 12.8 Å². The lowest BCUT2D eigenvalue weighted by Crippen LogP contribution is -2.49. The van der Waals surface area contributed by atoms with Gasteiger partial charge in [0.05, 0.1) is 18.2 Å². The van der Waals surface area contributed by atoms with E-state index in [1.165, 1.54) is 0 Å². The Hall–Kier alpha value is -4.12. The lowest BCUT2D eigenvalue weighted by molar-refractivity contribution is -0.129. The maximum atomic E-state index is 14.0. The molecule has 10 nitrogen and oxygen atoms in total. The molecule has 232 valence electrons. The number of furan rings is 1. The van der Waals surface area contributed by atoms with Crippen molar-refractivity contribution in [3.05, 3.63) is 71.7 Å². The molecule has 1 aliphatic rings. The van der Waals surface area contributed by atoms with Gasteiger partial charge in [-0.3, -0.25) is 14.4 Å². The molecule has 2 N–H and O–H groups in total. The van der Waals surface area contributed by atoms with E-state index in [4.69, 9.17) is 14.5 Å². The van der Waals surface area contributed by atoms with Crippen LogP contribution >= 0.6 is 11.8 Å². The predicted octanol–water partition coefficient (Wildman–Crippen LogP) is 4.99. The SMILES string of the molecule is CSCC[C@@H]1NC(=O)CCCN(C(=O)c2cccc3cc(C)oc23)CCn2nc(-c3ccccc3)nc2[C@@H](C(C)C)NC1=O. The highest BCUT2D eigenvalue weighted by Gasteiger charge is 2.30. The number of benzene rings is 2. The summed E-state index contributed by atoms with van der Waals surface area (Å²) >= 11 is 1.62. The molecule has 0 saturated heterocycles. The smallest absolute Gasteiger partial charge is 0.257 e. The first-order chi connectivity index (χ1) is 21.2. The van der Waals surface area contributed by atoms with Crippen molar-refractivity contribution < 1.29 is 18.8 Å². The molecule has 0 aliphatic carbocycles. The number of rotatable bonds is 6. The van der Waals surface area contributed by atoms with E-state index in [0.29, 0.717) is 55.3 Å². The molecule has 5 rings (SSSR count). The second-order valence-corrected chi connectivity index (χ2v) is 12.5. The van der Waals surface area contributed by atoms with Gasteiger partial charge in [-0.1, -0.05) is 56.3 Å². The number of aryl methyl sites for hydroxylation is 1. The van der Waals surface area contributed by atoms with Gasteiger partial charge >= 0.3 is 0 Å². The molecule has 1 aliphatic heterocycles. The van der Waals surface area contributed by atoms with Gasteiger partial charge < -0.3 is 20.0 Å². The topological polar surface area (TPSA) is 122 Å². The van der Waals surface area contributed by atoms with Gasteiger partial charge in [0.25, 0.3) is 5.91 Å². The summed E-state index contributed by atoms with van der Waals surface area (Å²) in [6.07, 6.45) is 3.11. The van der Waals surface area contributed by atoms with E-state index >= 15 is 0 Å². The van der Waals surface area contributed by atoms with Gasteiger partial charge in [0.1, 0.15) is 17.4 Å². The maximum Gasteiger partial charge on any atom is 0.257 e. The largest absolute Gasteiger partial charge is 0.461 e. The van der Waals surface area contributed by atoms with Crippen molar-refractivity contribution >= 4 is 40.5 Å². The van der Waals surface area contributed by atoms with Gasteiger partial charge in [0.15, 0.2) is 11.6 Å². The van der Waals surface area contributed by atoms with Crippen molar-refractivity contribution in [2.75, 3.05) is 25.1 Å². The normalized spacial score (nSPS) is 18.5. The summed E-state index contributed by atoms with van der Waals surface area (Å²) in [6.45, 7) is 6.94. The number of fused-ring (bicyclic) bond motifs is 2. The molecule has 0 fully saturated rings. The van der Waals surface area contributed by atoms with Gasteiger partial charge in [-0.25, -0.2) is 9.67 Å². The Balaban J connectivity index is 1.54. The van der Waals surface area contributed by atoms with Crippen molar-refractivity contribution in [1.82, 2.24) is 30.3 Å². The van der Waals surface area contributed by atoms with Gasteiger partial charge in [-0.05, 0) is 49.8 Å². The summed E-state index contributed by atoms with van der Waals surface area (Å²) in [5, 5.41) is 11.9. The fourth-order valence-corrected chi connectivity index (χ4v) is 5.98. The minimum Gasteiger partial charge on any atom is -0.461 e. The highest BCUT2D eigenvalue weighted by atomic mass is 32.2. The Kier molecular flexibility index (Phi) is 10.0. The number of carbonyl (C=O) groups is 3. The minimum absolute atomic E-state index is 0.0205. The first kappa shape index (κ1) is 31.3. The number of nitrogens with zero attached hydrogens (tertiary/aromatic N) is 4. The van der Waals surface area contributed by atoms with Crippen LogP contribution in [0.15, 0.2) is 59.0 Å². The Labute approximate surface area is 262 Å². The zero-order chi connectivity index (χ0) is 31.2. The van der Waals surface area contributed by atoms with E-state index < -0.39 is 12.1 Å². The van der Waals surface area contributed by atoms with Crippen molar-refractivity contribution in [2.45, 2.75) is 58.7 Å². The molecular weight excluding hydrogens is 576 g/mol. The molecule has 2 aromatic heterocycles. The average Bonchev–Trinajstić information content (AvgIpc) is 3.61. The van der Waals surface area contributed by atoms with Crippen LogP contribution in [-0.2, 0) is 16.1 Å². The summed E-state index contributed by atoms with van der Waals surface area (Å²) in [6, 6.07) is 16.0. The monoisotopic (exact) mass is 616 g/mol. The van der Waals surface area contributed by atoms with Crippen molar-refractivity contribution in [3.63, 3.8) is 0 Å². The van der Waals surface area contributed by atoms with E-state index in [1.54, 1.807) is 22.7 Å². The third kappa shape index (κ3) is 7.15. The fraction of sp³-hybridized carbons (Fsp3) is 0.424. The van der Waals surface area contributed by atoms with Gasteiger partial charge in [0, 0.05) is 30.5 Å². The van der Waals surface area contributed by atoms with E-state index in [0.717, 1.165) is 22.5 Å². The summed E-state index contributed by atoms with van der Waals surface area (Å²) in [7, 11) is 0. The van der Waals surface area contributed by atoms with Crippen molar-refractivity contribution in [1.29, 1.82) is 0 Å². The summed E-state index contributed by atoms with van der Waals surface area (Å²) < 4.78 is 7.73. The number of hydrogen-bond acceptors (Lipinski definition) is 7. The third-order valence-electron chi connectivity index (χ3n) is 7.84. The minimum atomic E-state index is -0.679. The molecular formula is C33H40N6O4S. The molecule has 2 aromatic carbocycles. The highest BCUT2D eigenvalue weighted by Crippen LogP contribution is 2.26. The number of nitrogens with one attached hydrogen (secondary N) is 2. The Bertz CT molecular complexity index is 1610. The Morgan fingerprint density at radius 3 is 2.61 bits per heavy atom. The number of para-hydroxylation sites is 1. The molecule has 2 atom stereocenters. The van der Waals surface area contributed by atoms with E-state index in [9.17, 15) is 14.4 Å². The number of carbonyl (C=O) groups excluding carboxylic acids is 3. The highest BCUT2D eigenvalue weighted by molar-refractivity contribution is 7.98. The molecule has 44 heavy (non-hydrogen) atoms. The number of hydrogen-bond donors (Lipinski definition) is 2. The molecule has 3 heterocycles. The first-order valence-electron chi connectivity index (χ1n) is 15.1. The van der Waals surface area contributed by atoms with E-state index in [1.807, 2.05) is 80.2 Å². The van der Waals surface area contributed by atoms with Crippen LogP contribution in [0.25, 0.3) is 22.4 Å². The summed E-state index contributed by atoms with van der Waals surface area (Å²) in [4.78, 5) is 47.3. The molecule has 0 saturated carbocycles. The van der Waals surface area contributed by atoms with E-state index in [2.05, 4.69) is 10.6 Å². The lowest BCUT2D eigenvalue weighted by Gasteiger charge is -2.28. The third-order valence-corrected chi connectivity index (χ3v) is 8.48. The van der Waals surface area contributed by atoms with Crippen LogP contribution in [-0.4, -0.2) is 68.5 Å². The number of thioether (sulfide) groups is 1.